The van der Waals surface area contributed by atoms with E-state index in [1.165, 1.54) is 22.6 Å². The molecule has 1 fully saturated rings. The number of sulfonamides is 1. The number of pyridine rings is 1. The van der Waals surface area contributed by atoms with Gasteiger partial charge in [0.25, 0.3) is 0 Å². The molecule has 10 heteroatoms. The Kier molecular flexibility index (Phi) is 4.63. The molecule has 0 unspecified atom stereocenters. The number of nitrogens with zero attached hydrogens (tertiary/aromatic N) is 3. The summed E-state index contributed by atoms with van der Waals surface area (Å²) in [4.78, 5) is 19.2. The fourth-order valence-electron chi connectivity index (χ4n) is 2.88. The summed E-state index contributed by atoms with van der Waals surface area (Å²) in [6.07, 6.45) is 3.21. The minimum absolute atomic E-state index is 0.0323. The molecule has 1 aliphatic rings. The third-order valence-corrected chi connectivity index (χ3v) is 6.26. The number of rotatable bonds is 4. The van der Waals surface area contributed by atoms with Crippen molar-refractivity contribution in [2.24, 2.45) is 16.5 Å². The topological polar surface area (TPSA) is 132 Å². The van der Waals surface area contributed by atoms with Gasteiger partial charge in [-0.2, -0.15) is 9.30 Å². The number of hydrogen-bond donors (Lipinski definition) is 2. The van der Waals surface area contributed by atoms with Gasteiger partial charge in [0.15, 0.2) is 11.8 Å². The average molecular weight is 382 g/mol. The average Bonchev–Trinajstić information content (AvgIpc) is 3.06. The number of guanidine groups is 1. The highest BCUT2D eigenvalue weighted by atomic mass is 35.5. The Balaban J connectivity index is 2.18. The van der Waals surface area contributed by atoms with Crippen molar-refractivity contribution in [2.75, 3.05) is 6.54 Å². The van der Waals surface area contributed by atoms with Crippen LogP contribution in [-0.2, 0) is 14.8 Å². The summed E-state index contributed by atoms with van der Waals surface area (Å²) in [6.45, 7) is 0.304. The van der Waals surface area contributed by atoms with Crippen LogP contribution in [-0.4, -0.2) is 42.5 Å². The van der Waals surface area contributed by atoms with E-state index in [1.807, 2.05) is 0 Å². The molecule has 132 valence electrons. The number of aliphatic imine (C=N–C) groups is 1. The van der Waals surface area contributed by atoms with E-state index in [2.05, 4.69) is 9.98 Å². The van der Waals surface area contributed by atoms with Crippen LogP contribution in [0.15, 0.2) is 34.3 Å². The van der Waals surface area contributed by atoms with E-state index < -0.39 is 16.1 Å². The summed E-state index contributed by atoms with van der Waals surface area (Å²) < 4.78 is 27.0. The standard InChI is InChI=1S/C15H16ClN5O3S/c16-13-7-19-14(20-15(17)18)12-6-10(3-4-11(12)13)25(23,24)21-5-1-2-9(21)8-22/h3-4,6-9H,1-2,5H2,(H4,17,18,19,20)/t9-/m1/s1. The highest BCUT2D eigenvalue weighted by molar-refractivity contribution is 7.89. The molecule has 0 amide bonds. The van der Waals surface area contributed by atoms with E-state index in [0.29, 0.717) is 41.5 Å². The SMILES string of the molecule is NC(N)=Nc1ncc(Cl)c2ccc(S(=O)(=O)N3CCC[C@@H]3C=O)cc12. The molecule has 25 heavy (non-hydrogen) atoms. The lowest BCUT2D eigenvalue weighted by atomic mass is 10.1. The van der Waals surface area contributed by atoms with Crippen molar-refractivity contribution in [2.45, 2.75) is 23.8 Å². The van der Waals surface area contributed by atoms with Crippen LogP contribution in [0.25, 0.3) is 10.8 Å². The first kappa shape index (κ1) is 17.6. The summed E-state index contributed by atoms with van der Waals surface area (Å²) in [5, 5.41) is 1.33. The smallest absolute Gasteiger partial charge is 0.243 e. The van der Waals surface area contributed by atoms with Crippen LogP contribution in [0.2, 0.25) is 5.02 Å². The van der Waals surface area contributed by atoms with E-state index in [9.17, 15) is 13.2 Å². The number of hydrogen-bond acceptors (Lipinski definition) is 5. The molecule has 2 heterocycles. The number of fused-ring (bicyclic) bond motifs is 1. The van der Waals surface area contributed by atoms with Crippen LogP contribution in [0, 0.1) is 0 Å². The molecule has 1 aliphatic heterocycles. The quantitative estimate of drug-likeness (QED) is 0.463. The van der Waals surface area contributed by atoms with Crippen LogP contribution in [0.1, 0.15) is 12.8 Å². The first-order valence-electron chi connectivity index (χ1n) is 7.49. The number of aldehydes is 1. The number of carbonyl (C=O) groups is 1. The van der Waals surface area contributed by atoms with Crippen molar-refractivity contribution >= 4 is 50.5 Å². The third kappa shape index (κ3) is 3.17. The predicted molar refractivity (Wildman–Crippen MR) is 95.2 cm³/mol. The Labute approximate surface area is 149 Å². The van der Waals surface area contributed by atoms with Gasteiger partial charge < -0.3 is 16.3 Å². The van der Waals surface area contributed by atoms with Crippen molar-refractivity contribution < 1.29 is 13.2 Å². The maximum absolute atomic E-state index is 12.9. The molecule has 1 aromatic heterocycles. The number of halogens is 1. The van der Waals surface area contributed by atoms with Gasteiger partial charge in [-0.1, -0.05) is 17.7 Å². The molecule has 1 aromatic carbocycles. The second kappa shape index (κ2) is 6.58. The lowest BCUT2D eigenvalue weighted by Gasteiger charge is -2.20. The second-order valence-corrected chi connectivity index (χ2v) is 7.93. The fourth-order valence-corrected chi connectivity index (χ4v) is 4.75. The number of benzene rings is 1. The Hall–Kier alpha value is -2.23. The molecule has 0 saturated carbocycles. The number of aromatic nitrogens is 1. The Morgan fingerprint density at radius 2 is 2.12 bits per heavy atom. The van der Waals surface area contributed by atoms with Gasteiger partial charge in [-0.3, -0.25) is 0 Å². The summed E-state index contributed by atoms with van der Waals surface area (Å²) in [5.74, 6) is -0.0326. The van der Waals surface area contributed by atoms with E-state index in [0.717, 1.165) is 0 Å². The minimum Gasteiger partial charge on any atom is -0.370 e. The van der Waals surface area contributed by atoms with Crippen molar-refractivity contribution in [3.05, 3.63) is 29.4 Å². The van der Waals surface area contributed by atoms with Gasteiger partial charge in [0.1, 0.15) is 6.29 Å². The predicted octanol–water partition coefficient (Wildman–Crippen LogP) is 1.15. The van der Waals surface area contributed by atoms with E-state index >= 15 is 0 Å². The Morgan fingerprint density at radius 3 is 2.80 bits per heavy atom. The zero-order chi connectivity index (χ0) is 18.2. The van der Waals surface area contributed by atoms with Crippen molar-refractivity contribution in [1.82, 2.24) is 9.29 Å². The molecule has 0 radical (unpaired) electrons. The molecule has 3 rings (SSSR count). The molecular weight excluding hydrogens is 366 g/mol. The van der Waals surface area contributed by atoms with Gasteiger partial charge in [-0.25, -0.2) is 13.4 Å². The minimum atomic E-state index is -3.83. The first-order chi connectivity index (χ1) is 11.8. The van der Waals surface area contributed by atoms with Gasteiger partial charge in [-0.15, -0.1) is 0 Å². The fraction of sp³-hybridized carbons (Fsp3) is 0.267. The largest absolute Gasteiger partial charge is 0.370 e. The van der Waals surface area contributed by atoms with Gasteiger partial charge in [-0.05, 0) is 25.0 Å². The highest BCUT2D eigenvalue weighted by Crippen LogP contribution is 2.33. The second-order valence-electron chi connectivity index (χ2n) is 5.64. The van der Waals surface area contributed by atoms with Crippen molar-refractivity contribution in [1.29, 1.82) is 0 Å². The van der Waals surface area contributed by atoms with Crippen LogP contribution in [0.4, 0.5) is 5.82 Å². The van der Waals surface area contributed by atoms with Gasteiger partial charge >= 0.3 is 0 Å². The van der Waals surface area contributed by atoms with Crippen molar-refractivity contribution in [3.8, 4) is 0 Å². The molecule has 0 aliphatic carbocycles. The third-order valence-electron chi connectivity index (χ3n) is 4.04. The summed E-state index contributed by atoms with van der Waals surface area (Å²) >= 11 is 6.13. The molecule has 8 nitrogen and oxygen atoms in total. The summed E-state index contributed by atoms with van der Waals surface area (Å²) in [5.41, 5.74) is 10.8. The van der Waals surface area contributed by atoms with Crippen molar-refractivity contribution in [3.63, 3.8) is 0 Å². The molecule has 2 aromatic rings. The normalized spacial score (nSPS) is 18.4. The maximum Gasteiger partial charge on any atom is 0.243 e. The summed E-state index contributed by atoms with van der Waals surface area (Å²) in [7, 11) is -3.83. The molecule has 1 saturated heterocycles. The monoisotopic (exact) mass is 381 g/mol. The molecule has 0 spiro atoms. The van der Waals surface area contributed by atoms with Crippen LogP contribution in [0.3, 0.4) is 0 Å². The van der Waals surface area contributed by atoms with Crippen LogP contribution >= 0.6 is 11.6 Å². The Bertz CT molecular complexity index is 973. The molecular formula is C15H16ClN5O3S. The molecule has 4 N–H and O–H groups in total. The van der Waals surface area contributed by atoms with Gasteiger partial charge in [0.2, 0.25) is 10.0 Å². The maximum atomic E-state index is 12.9. The lowest BCUT2D eigenvalue weighted by molar-refractivity contribution is -0.110. The van der Waals surface area contributed by atoms with E-state index in [4.69, 9.17) is 23.1 Å². The number of nitrogens with two attached hydrogens (primary N) is 2. The summed E-state index contributed by atoms with van der Waals surface area (Å²) in [6, 6.07) is 3.80. The molecule has 0 bridgehead atoms. The lowest BCUT2D eigenvalue weighted by Crippen LogP contribution is -2.36. The number of carbonyl (C=O) groups excluding carboxylic acids is 1. The van der Waals surface area contributed by atoms with E-state index in [-0.39, 0.29) is 16.7 Å². The van der Waals surface area contributed by atoms with Crippen LogP contribution in [0.5, 0.6) is 0 Å². The zero-order valence-corrected chi connectivity index (χ0v) is 14.7. The van der Waals surface area contributed by atoms with E-state index in [1.54, 1.807) is 6.07 Å². The molecule has 1 atom stereocenters. The van der Waals surface area contributed by atoms with Crippen LogP contribution < -0.4 is 11.5 Å². The van der Waals surface area contributed by atoms with Gasteiger partial charge in [0.05, 0.1) is 16.0 Å². The first-order valence-corrected chi connectivity index (χ1v) is 9.31. The highest BCUT2D eigenvalue weighted by Gasteiger charge is 2.35. The Morgan fingerprint density at radius 1 is 1.36 bits per heavy atom. The van der Waals surface area contributed by atoms with Gasteiger partial charge in [0, 0.05) is 23.5 Å². The zero-order valence-electron chi connectivity index (χ0n) is 13.1.